The number of piperidine rings is 1. The SMILES string of the molecule is CN1CCC(N2CCN(C(=O)Nc3cc(Oc4ccc(N(C(=O)C5(C(N)=O)CC5)c5ccc(F)cc5)c(F)c4)ccn3)CC2)CC1. The monoisotopic (exact) mass is 633 g/mol. The number of benzene rings is 2. The Hall–Kier alpha value is -4.62. The summed E-state index contributed by atoms with van der Waals surface area (Å²) in [6.07, 6.45) is 4.26. The number of primary amides is 1. The minimum atomic E-state index is -1.44. The van der Waals surface area contributed by atoms with Gasteiger partial charge in [-0.25, -0.2) is 18.6 Å². The number of piperazine rings is 1. The summed E-state index contributed by atoms with van der Waals surface area (Å²) in [6, 6.07) is 12.3. The number of aromatic nitrogens is 1. The molecule has 4 amide bonds. The zero-order valence-corrected chi connectivity index (χ0v) is 25.6. The summed E-state index contributed by atoms with van der Waals surface area (Å²) in [7, 11) is 2.15. The summed E-state index contributed by atoms with van der Waals surface area (Å²) in [5, 5.41) is 2.83. The fourth-order valence-corrected chi connectivity index (χ4v) is 6.11. The Balaban J connectivity index is 1.11. The number of hydrogen-bond donors (Lipinski definition) is 2. The van der Waals surface area contributed by atoms with Crippen LogP contribution in [0.1, 0.15) is 25.7 Å². The molecule has 0 radical (unpaired) electrons. The maximum absolute atomic E-state index is 15.6. The summed E-state index contributed by atoms with van der Waals surface area (Å²) in [4.78, 5) is 50.5. The number of nitrogens with one attached hydrogen (secondary N) is 1. The highest BCUT2D eigenvalue weighted by atomic mass is 19.1. The molecule has 0 atom stereocenters. The van der Waals surface area contributed by atoms with Crippen LogP contribution < -0.4 is 20.7 Å². The number of nitrogens with zero attached hydrogens (tertiary/aromatic N) is 5. The van der Waals surface area contributed by atoms with Crippen LogP contribution in [0.2, 0.25) is 0 Å². The molecule has 1 saturated carbocycles. The standard InChI is InChI=1S/C33H37F2N7O4/c1-39-14-9-23(10-15-39)40-16-18-41(19-17-40)32(45)38-29-21-26(8-13-37-29)46-25-6-7-28(27(35)20-25)42(24-4-2-22(34)3-5-24)31(44)33(11-12-33)30(36)43/h2-8,13,20-21,23H,9-12,14-19H2,1H3,(H2,36,43)(H,37,38,45). The van der Waals surface area contributed by atoms with E-state index in [1.165, 1.54) is 36.5 Å². The van der Waals surface area contributed by atoms with Gasteiger partial charge in [0.05, 0.1) is 5.69 Å². The molecule has 6 rings (SSSR count). The maximum atomic E-state index is 15.6. The minimum Gasteiger partial charge on any atom is -0.457 e. The van der Waals surface area contributed by atoms with E-state index in [0.717, 1.165) is 62.1 Å². The number of carbonyl (C=O) groups is 3. The molecule has 242 valence electrons. The lowest BCUT2D eigenvalue weighted by molar-refractivity contribution is -0.133. The molecular weight excluding hydrogens is 596 g/mol. The molecule has 3 heterocycles. The van der Waals surface area contributed by atoms with E-state index in [1.807, 2.05) is 0 Å². The van der Waals surface area contributed by atoms with Crippen molar-refractivity contribution in [1.82, 2.24) is 19.7 Å². The van der Waals surface area contributed by atoms with E-state index in [-0.39, 0.29) is 41.8 Å². The Morgan fingerprint density at radius 3 is 2.24 bits per heavy atom. The predicted octanol–water partition coefficient (Wildman–Crippen LogP) is 4.33. The normalized spacial score (nSPS) is 18.5. The van der Waals surface area contributed by atoms with Crippen molar-refractivity contribution >= 4 is 35.0 Å². The molecule has 2 aliphatic heterocycles. The van der Waals surface area contributed by atoms with Gasteiger partial charge in [-0.2, -0.15) is 0 Å². The van der Waals surface area contributed by atoms with Crippen molar-refractivity contribution in [2.45, 2.75) is 31.7 Å². The van der Waals surface area contributed by atoms with Gasteiger partial charge in [0, 0.05) is 56.2 Å². The Morgan fingerprint density at radius 2 is 1.61 bits per heavy atom. The van der Waals surface area contributed by atoms with E-state index in [0.29, 0.717) is 24.9 Å². The van der Waals surface area contributed by atoms with E-state index < -0.39 is 28.9 Å². The smallest absolute Gasteiger partial charge is 0.323 e. The van der Waals surface area contributed by atoms with Gasteiger partial charge in [0.15, 0.2) is 5.82 Å². The number of amides is 4. The molecule has 2 aromatic carbocycles. The highest BCUT2D eigenvalue weighted by Gasteiger charge is 2.57. The van der Waals surface area contributed by atoms with Gasteiger partial charge in [-0.15, -0.1) is 0 Å². The van der Waals surface area contributed by atoms with Gasteiger partial charge in [-0.1, -0.05) is 0 Å². The minimum absolute atomic E-state index is 0.122. The molecule has 2 saturated heterocycles. The second kappa shape index (κ2) is 13.0. The number of ether oxygens (including phenoxy) is 1. The van der Waals surface area contributed by atoms with Gasteiger partial charge in [-0.05, 0) is 88.3 Å². The second-order valence-electron chi connectivity index (χ2n) is 12.1. The van der Waals surface area contributed by atoms with E-state index in [2.05, 4.69) is 27.1 Å². The van der Waals surface area contributed by atoms with Crippen molar-refractivity contribution in [3.8, 4) is 11.5 Å². The van der Waals surface area contributed by atoms with Gasteiger partial charge < -0.3 is 20.3 Å². The number of nitrogens with two attached hydrogens (primary N) is 1. The average Bonchev–Trinajstić information content (AvgIpc) is 3.86. The van der Waals surface area contributed by atoms with Gasteiger partial charge in [-0.3, -0.25) is 24.7 Å². The Labute approximate surface area is 265 Å². The number of carbonyl (C=O) groups excluding carboxylic acids is 3. The van der Waals surface area contributed by atoms with Crippen LogP contribution in [0.25, 0.3) is 0 Å². The first-order chi connectivity index (χ1) is 22.1. The fourth-order valence-electron chi connectivity index (χ4n) is 6.11. The quantitative estimate of drug-likeness (QED) is 0.354. The maximum Gasteiger partial charge on any atom is 0.323 e. The lowest BCUT2D eigenvalue weighted by atomic mass is 10.0. The summed E-state index contributed by atoms with van der Waals surface area (Å²) in [5.41, 5.74) is 4.13. The third kappa shape index (κ3) is 6.65. The van der Waals surface area contributed by atoms with Crippen molar-refractivity contribution in [3.63, 3.8) is 0 Å². The van der Waals surface area contributed by atoms with Crippen LogP contribution in [0.15, 0.2) is 60.8 Å². The number of hydrogen-bond acceptors (Lipinski definition) is 7. The summed E-state index contributed by atoms with van der Waals surface area (Å²) < 4.78 is 35.1. The first kappa shape index (κ1) is 31.4. The van der Waals surface area contributed by atoms with Gasteiger partial charge in [0.1, 0.15) is 28.5 Å². The van der Waals surface area contributed by atoms with Gasteiger partial charge in [0.25, 0.3) is 0 Å². The molecule has 46 heavy (non-hydrogen) atoms. The van der Waals surface area contributed by atoms with E-state index in [9.17, 15) is 18.8 Å². The van der Waals surface area contributed by atoms with E-state index >= 15 is 4.39 Å². The zero-order valence-electron chi connectivity index (χ0n) is 25.6. The number of halogens is 2. The molecule has 1 aliphatic carbocycles. The van der Waals surface area contributed by atoms with Gasteiger partial charge in [0.2, 0.25) is 11.8 Å². The Morgan fingerprint density at radius 1 is 0.935 bits per heavy atom. The third-order valence-corrected chi connectivity index (χ3v) is 9.09. The number of likely N-dealkylation sites (tertiary alicyclic amines) is 1. The van der Waals surface area contributed by atoms with Crippen LogP contribution in [-0.2, 0) is 9.59 Å². The molecule has 11 nitrogen and oxygen atoms in total. The zero-order chi connectivity index (χ0) is 32.4. The van der Waals surface area contributed by atoms with Crippen molar-refractivity contribution in [2.75, 3.05) is 56.5 Å². The highest BCUT2D eigenvalue weighted by molar-refractivity contribution is 6.16. The molecule has 1 aromatic heterocycles. The van der Waals surface area contributed by atoms with Crippen molar-refractivity contribution in [1.29, 1.82) is 0 Å². The second-order valence-corrected chi connectivity index (χ2v) is 12.1. The molecule has 3 aliphatic rings. The number of rotatable bonds is 8. The summed E-state index contributed by atoms with van der Waals surface area (Å²) in [5.74, 6) is -2.10. The topological polar surface area (TPSA) is 124 Å². The Bertz CT molecular complexity index is 1600. The molecule has 13 heteroatoms. The van der Waals surface area contributed by atoms with Crippen LogP contribution in [0.4, 0.5) is 30.8 Å². The number of anilines is 3. The van der Waals surface area contributed by atoms with Crippen LogP contribution >= 0.6 is 0 Å². The molecule has 0 spiro atoms. The third-order valence-electron chi connectivity index (χ3n) is 9.09. The summed E-state index contributed by atoms with van der Waals surface area (Å²) >= 11 is 0. The predicted molar refractivity (Wildman–Crippen MR) is 168 cm³/mol. The van der Waals surface area contributed by atoms with Crippen LogP contribution in [0, 0.1) is 17.0 Å². The molecule has 3 N–H and O–H groups in total. The first-order valence-corrected chi connectivity index (χ1v) is 15.4. The average molecular weight is 634 g/mol. The largest absolute Gasteiger partial charge is 0.457 e. The van der Waals surface area contributed by atoms with Crippen LogP contribution in [0.5, 0.6) is 11.5 Å². The fraction of sp³-hybridized carbons (Fsp3) is 0.394. The molecular formula is C33H37F2N7O4. The molecule has 0 unspecified atom stereocenters. The van der Waals surface area contributed by atoms with Crippen LogP contribution in [0.3, 0.4) is 0 Å². The molecule has 0 bridgehead atoms. The van der Waals surface area contributed by atoms with E-state index in [4.69, 9.17) is 10.5 Å². The molecule has 3 aromatic rings. The van der Waals surface area contributed by atoms with Crippen molar-refractivity contribution in [3.05, 3.63) is 72.4 Å². The lowest BCUT2D eigenvalue weighted by Crippen LogP contribution is -2.54. The molecule has 3 fully saturated rings. The Kier molecular flexibility index (Phi) is 8.87. The van der Waals surface area contributed by atoms with Gasteiger partial charge >= 0.3 is 6.03 Å². The van der Waals surface area contributed by atoms with Crippen molar-refractivity contribution in [2.24, 2.45) is 11.1 Å². The van der Waals surface area contributed by atoms with Crippen molar-refractivity contribution < 1.29 is 27.9 Å². The lowest BCUT2D eigenvalue weighted by Gasteiger charge is -2.42. The first-order valence-electron chi connectivity index (χ1n) is 15.4. The van der Waals surface area contributed by atoms with Crippen LogP contribution in [-0.4, -0.2) is 89.9 Å². The summed E-state index contributed by atoms with van der Waals surface area (Å²) in [6.45, 7) is 5.09. The van der Waals surface area contributed by atoms with E-state index in [1.54, 1.807) is 11.0 Å². The number of urea groups is 1. The highest BCUT2D eigenvalue weighted by Crippen LogP contribution is 2.49. The number of pyridine rings is 1.